The lowest BCUT2D eigenvalue weighted by Gasteiger charge is -2.20. The molecular formula is C20H20N4O. The van der Waals surface area contributed by atoms with Crippen LogP contribution in [0.1, 0.15) is 22.5 Å². The molecule has 0 amide bonds. The van der Waals surface area contributed by atoms with E-state index in [9.17, 15) is 4.79 Å². The summed E-state index contributed by atoms with van der Waals surface area (Å²) in [6, 6.07) is 9.57. The fourth-order valence-corrected chi connectivity index (χ4v) is 3.34. The third-order valence-corrected chi connectivity index (χ3v) is 4.54. The van der Waals surface area contributed by atoms with Crippen molar-refractivity contribution in [2.75, 3.05) is 32.5 Å². The number of ketones is 1. The van der Waals surface area contributed by atoms with Crippen LogP contribution in [0.3, 0.4) is 0 Å². The van der Waals surface area contributed by atoms with Crippen molar-refractivity contribution in [1.29, 1.82) is 0 Å². The maximum Gasteiger partial charge on any atom is 0.212 e. The highest BCUT2D eigenvalue weighted by molar-refractivity contribution is 6.25. The highest BCUT2D eigenvalue weighted by Crippen LogP contribution is 2.38. The molecule has 0 spiro atoms. The van der Waals surface area contributed by atoms with Crippen LogP contribution in [0.5, 0.6) is 0 Å². The second kappa shape index (κ2) is 6.26. The van der Waals surface area contributed by atoms with E-state index < -0.39 is 0 Å². The molecule has 126 valence electrons. The van der Waals surface area contributed by atoms with Gasteiger partial charge < -0.3 is 10.2 Å². The highest BCUT2D eigenvalue weighted by atomic mass is 16.1. The van der Waals surface area contributed by atoms with Gasteiger partial charge in [0.2, 0.25) is 5.78 Å². The first-order valence-electron chi connectivity index (χ1n) is 8.47. The van der Waals surface area contributed by atoms with Gasteiger partial charge in [0.1, 0.15) is 5.69 Å². The first kappa shape index (κ1) is 15.7. The summed E-state index contributed by atoms with van der Waals surface area (Å²) in [7, 11) is 4.14. The second-order valence-corrected chi connectivity index (χ2v) is 6.56. The molecule has 1 aliphatic carbocycles. The van der Waals surface area contributed by atoms with Gasteiger partial charge in [0.05, 0.1) is 17.6 Å². The lowest BCUT2D eigenvalue weighted by atomic mass is 9.88. The molecule has 5 heteroatoms. The summed E-state index contributed by atoms with van der Waals surface area (Å²) in [4.78, 5) is 24.0. The molecule has 3 aromatic rings. The van der Waals surface area contributed by atoms with E-state index in [0.717, 1.165) is 47.2 Å². The van der Waals surface area contributed by atoms with Gasteiger partial charge in [-0.15, -0.1) is 0 Å². The van der Waals surface area contributed by atoms with Gasteiger partial charge in [0, 0.05) is 34.6 Å². The number of carbonyl (C=O) groups excluding carboxylic acids is 1. The van der Waals surface area contributed by atoms with Crippen molar-refractivity contribution in [3.63, 3.8) is 0 Å². The molecule has 0 saturated carbocycles. The Labute approximate surface area is 146 Å². The number of nitrogens with one attached hydrogen (secondary N) is 1. The zero-order valence-corrected chi connectivity index (χ0v) is 14.4. The van der Waals surface area contributed by atoms with Crippen molar-refractivity contribution in [3.05, 3.63) is 54.0 Å². The number of hydrogen-bond donors (Lipinski definition) is 1. The van der Waals surface area contributed by atoms with Crippen LogP contribution in [-0.4, -0.2) is 47.8 Å². The Kier molecular flexibility index (Phi) is 3.93. The van der Waals surface area contributed by atoms with E-state index in [4.69, 9.17) is 0 Å². The Morgan fingerprint density at radius 3 is 2.64 bits per heavy atom. The summed E-state index contributed by atoms with van der Waals surface area (Å²) >= 11 is 0. The molecule has 0 radical (unpaired) electrons. The van der Waals surface area contributed by atoms with E-state index in [-0.39, 0.29) is 5.78 Å². The molecule has 1 N–H and O–H groups in total. The largest absolute Gasteiger partial charge is 0.383 e. The van der Waals surface area contributed by atoms with Crippen molar-refractivity contribution in [2.24, 2.45) is 0 Å². The van der Waals surface area contributed by atoms with Crippen molar-refractivity contribution >= 4 is 22.2 Å². The molecule has 0 fully saturated rings. The number of fused-ring (bicyclic) bond motifs is 2. The van der Waals surface area contributed by atoms with Gasteiger partial charge in [-0.05, 0) is 33.1 Å². The Balaban J connectivity index is 1.79. The molecule has 0 bridgehead atoms. The smallest absolute Gasteiger partial charge is 0.212 e. The minimum absolute atomic E-state index is 0.0275. The highest BCUT2D eigenvalue weighted by Gasteiger charge is 2.27. The molecule has 2 heterocycles. The third-order valence-electron chi connectivity index (χ3n) is 4.54. The van der Waals surface area contributed by atoms with Crippen molar-refractivity contribution in [1.82, 2.24) is 14.9 Å². The van der Waals surface area contributed by atoms with Crippen molar-refractivity contribution in [2.45, 2.75) is 6.42 Å². The number of aromatic nitrogens is 2. The Hall–Kier alpha value is -2.79. The molecule has 1 aliphatic rings. The van der Waals surface area contributed by atoms with Crippen LogP contribution in [0, 0.1) is 0 Å². The molecule has 4 rings (SSSR count). The number of nitrogens with zero attached hydrogens (tertiary/aromatic N) is 3. The number of rotatable bonds is 5. The fourth-order valence-electron chi connectivity index (χ4n) is 3.34. The zero-order valence-electron chi connectivity index (χ0n) is 14.4. The quantitative estimate of drug-likeness (QED) is 0.569. The predicted molar refractivity (Wildman–Crippen MR) is 100 cm³/mol. The molecule has 5 nitrogen and oxygen atoms in total. The fraction of sp³-hybridized carbons (Fsp3) is 0.250. The van der Waals surface area contributed by atoms with Crippen LogP contribution in [0.2, 0.25) is 0 Å². The molecule has 25 heavy (non-hydrogen) atoms. The van der Waals surface area contributed by atoms with Crippen LogP contribution >= 0.6 is 0 Å². The number of pyridine rings is 2. The Morgan fingerprint density at radius 1 is 1.04 bits per heavy atom. The van der Waals surface area contributed by atoms with Crippen molar-refractivity contribution in [3.8, 4) is 11.3 Å². The summed E-state index contributed by atoms with van der Waals surface area (Å²) in [6.07, 6.45) is 4.61. The lowest BCUT2D eigenvalue weighted by Crippen LogP contribution is -2.17. The van der Waals surface area contributed by atoms with E-state index in [1.807, 2.05) is 30.3 Å². The van der Waals surface area contributed by atoms with Crippen LogP contribution in [-0.2, 0) is 0 Å². The number of carbonyl (C=O) groups is 1. The summed E-state index contributed by atoms with van der Waals surface area (Å²) in [5, 5.41) is 5.31. The van der Waals surface area contributed by atoms with Crippen LogP contribution < -0.4 is 5.32 Å². The van der Waals surface area contributed by atoms with E-state index >= 15 is 0 Å². The Morgan fingerprint density at radius 2 is 1.84 bits per heavy atom. The van der Waals surface area contributed by atoms with Gasteiger partial charge in [0.25, 0.3) is 0 Å². The first-order valence-corrected chi connectivity index (χ1v) is 8.47. The Bertz CT molecular complexity index is 965. The van der Waals surface area contributed by atoms with Gasteiger partial charge in [-0.3, -0.25) is 9.78 Å². The van der Waals surface area contributed by atoms with E-state index in [0.29, 0.717) is 11.3 Å². The van der Waals surface area contributed by atoms with Crippen LogP contribution in [0.25, 0.3) is 22.0 Å². The van der Waals surface area contributed by atoms with Gasteiger partial charge in [-0.1, -0.05) is 24.3 Å². The maximum atomic E-state index is 12.8. The van der Waals surface area contributed by atoms with E-state index in [1.54, 1.807) is 12.4 Å². The topological polar surface area (TPSA) is 58.1 Å². The molecule has 2 aromatic heterocycles. The molecule has 0 unspecified atom stereocenters. The van der Waals surface area contributed by atoms with Crippen LogP contribution in [0.15, 0.2) is 42.7 Å². The maximum absolute atomic E-state index is 12.8. The van der Waals surface area contributed by atoms with E-state index in [2.05, 4.69) is 34.3 Å². The third kappa shape index (κ3) is 2.66. The summed E-state index contributed by atoms with van der Waals surface area (Å²) in [5.74, 6) is -0.0275. The first-order chi connectivity index (χ1) is 12.2. The summed E-state index contributed by atoms with van der Waals surface area (Å²) in [6.45, 7) is 1.88. The minimum Gasteiger partial charge on any atom is -0.383 e. The van der Waals surface area contributed by atoms with Crippen LogP contribution in [0.4, 0.5) is 5.69 Å². The normalized spacial score (nSPS) is 12.5. The van der Waals surface area contributed by atoms with Gasteiger partial charge in [-0.25, -0.2) is 4.98 Å². The average Bonchev–Trinajstić information content (AvgIpc) is 2.63. The monoisotopic (exact) mass is 332 g/mol. The van der Waals surface area contributed by atoms with Gasteiger partial charge in [-0.2, -0.15) is 0 Å². The van der Waals surface area contributed by atoms with E-state index in [1.165, 1.54) is 0 Å². The SMILES string of the molecule is CN(C)CCCNc1cnc2c3c(nccc13)-c1ccccc1C2=O. The second-order valence-electron chi connectivity index (χ2n) is 6.56. The zero-order chi connectivity index (χ0) is 17.4. The summed E-state index contributed by atoms with van der Waals surface area (Å²) < 4.78 is 0. The minimum atomic E-state index is -0.0275. The molecular weight excluding hydrogens is 312 g/mol. The number of hydrogen-bond acceptors (Lipinski definition) is 5. The van der Waals surface area contributed by atoms with Crippen molar-refractivity contribution < 1.29 is 4.79 Å². The molecule has 0 saturated heterocycles. The van der Waals surface area contributed by atoms with Gasteiger partial charge >= 0.3 is 0 Å². The standard InChI is InChI=1S/C20H20N4O/c1-24(2)11-5-9-21-16-12-23-19-17-15(16)8-10-22-18(17)13-6-3-4-7-14(13)20(19)25/h3-4,6-8,10,12,21H,5,9,11H2,1-2H3. The lowest BCUT2D eigenvalue weighted by molar-refractivity contribution is 0.103. The average molecular weight is 332 g/mol. The molecule has 1 aromatic carbocycles. The summed E-state index contributed by atoms with van der Waals surface area (Å²) in [5.41, 5.74) is 3.85. The predicted octanol–water partition coefficient (Wildman–Crippen LogP) is 3.20. The van der Waals surface area contributed by atoms with Gasteiger partial charge in [0.15, 0.2) is 0 Å². The molecule has 0 atom stereocenters. The number of anilines is 1. The number of benzene rings is 1. The molecule has 0 aliphatic heterocycles.